The van der Waals surface area contributed by atoms with Gasteiger partial charge in [0, 0.05) is 11.4 Å². The van der Waals surface area contributed by atoms with E-state index in [4.69, 9.17) is 0 Å². The highest BCUT2D eigenvalue weighted by Gasteiger charge is 2.52. The van der Waals surface area contributed by atoms with Crippen LogP contribution in [0.2, 0.25) is 0 Å². The van der Waals surface area contributed by atoms with Crippen molar-refractivity contribution >= 4 is 17.6 Å². The van der Waals surface area contributed by atoms with Crippen molar-refractivity contribution in [1.29, 1.82) is 0 Å². The standard InChI is InChI=1S/C25H12BF18N/c1-10-3-2-4-13(45-10)9-26(18-14(22(33,34)35)5-11(20(27,28)29)6-15(18)23(36,37)38)19-16(24(39,40)41)7-12(21(30,31)32)8-17(19)25(42,43)44/h2-8H,9H2,1H3. The van der Waals surface area contributed by atoms with Crippen molar-refractivity contribution < 1.29 is 79.0 Å². The number of alkyl halides is 18. The fraction of sp³-hybridized carbons (Fsp3) is 0.320. The molecule has 1 aromatic heterocycles. The van der Waals surface area contributed by atoms with E-state index >= 15 is 0 Å². The van der Waals surface area contributed by atoms with E-state index in [9.17, 15) is 79.0 Å². The van der Waals surface area contributed by atoms with Crippen LogP contribution in [0, 0.1) is 6.92 Å². The molecule has 246 valence electrons. The molecule has 0 saturated carbocycles. The first kappa shape index (κ1) is 35.9. The van der Waals surface area contributed by atoms with Crippen LogP contribution < -0.4 is 10.9 Å². The number of halogens is 18. The highest BCUT2D eigenvalue weighted by Crippen LogP contribution is 2.43. The first-order valence-electron chi connectivity index (χ1n) is 11.7. The van der Waals surface area contributed by atoms with Crippen LogP contribution in [0.15, 0.2) is 42.5 Å². The zero-order chi connectivity index (χ0) is 34.7. The van der Waals surface area contributed by atoms with Gasteiger partial charge < -0.3 is 0 Å². The van der Waals surface area contributed by atoms with Gasteiger partial charge in [0.05, 0.1) is 33.4 Å². The molecule has 0 aliphatic heterocycles. The lowest BCUT2D eigenvalue weighted by atomic mass is 9.35. The normalized spacial score (nSPS) is 13.8. The van der Waals surface area contributed by atoms with Gasteiger partial charge in [-0.3, -0.25) is 4.98 Å². The zero-order valence-corrected chi connectivity index (χ0v) is 21.6. The SMILES string of the molecule is Cc1cccc(CB(c2c(C(F)(F)F)cc(C(F)(F)F)cc2C(F)(F)F)c2c(C(F)(F)F)cc(C(F)(F)F)cc2C(F)(F)F)n1. The third kappa shape index (κ3) is 7.98. The Kier molecular flexibility index (Phi) is 9.03. The van der Waals surface area contributed by atoms with E-state index in [-0.39, 0.29) is 5.69 Å². The highest BCUT2D eigenvalue weighted by molar-refractivity contribution is 6.86. The average Bonchev–Trinajstić information content (AvgIpc) is 2.82. The first-order chi connectivity index (χ1) is 20.0. The molecule has 0 radical (unpaired) electrons. The van der Waals surface area contributed by atoms with E-state index in [1.807, 2.05) is 0 Å². The second kappa shape index (κ2) is 11.3. The molecule has 45 heavy (non-hydrogen) atoms. The number of aryl methyl sites for hydroxylation is 1. The minimum atomic E-state index is -6.28. The van der Waals surface area contributed by atoms with Gasteiger partial charge >= 0.3 is 37.1 Å². The first-order valence-corrected chi connectivity index (χ1v) is 11.7. The number of aromatic nitrogens is 1. The average molecular weight is 679 g/mol. The smallest absolute Gasteiger partial charge is 0.259 e. The van der Waals surface area contributed by atoms with Gasteiger partial charge in [0.25, 0.3) is 0 Å². The summed E-state index contributed by atoms with van der Waals surface area (Å²) in [6.07, 6.45) is -38.7. The molecule has 3 rings (SSSR count). The Bertz CT molecular complexity index is 1390. The van der Waals surface area contributed by atoms with Crippen LogP contribution in [0.5, 0.6) is 0 Å². The van der Waals surface area contributed by atoms with E-state index in [2.05, 4.69) is 4.98 Å². The molecule has 0 amide bonds. The number of hydrogen-bond donors (Lipinski definition) is 0. The molecule has 0 saturated heterocycles. The summed E-state index contributed by atoms with van der Waals surface area (Å²) < 4.78 is 251. The third-order valence-electron chi connectivity index (χ3n) is 6.29. The molecule has 0 fully saturated rings. The Morgan fingerprint density at radius 1 is 0.489 bits per heavy atom. The Hall–Kier alpha value is -3.61. The predicted molar refractivity (Wildman–Crippen MR) is 121 cm³/mol. The lowest BCUT2D eigenvalue weighted by molar-refractivity contribution is -0.149. The van der Waals surface area contributed by atoms with Crippen LogP contribution in [0.3, 0.4) is 0 Å². The fourth-order valence-corrected chi connectivity index (χ4v) is 4.59. The maximum Gasteiger partial charge on any atom is 0.416 e. The monoisotopic (exact) mass is 679 g/mol. The van der Waals surface area contributed by atoms with Crippen LogP contribution in [0.1, 0.15) is 44.8 Å². The number of benzene rings is 2. The van der Waals surface area contributed by atoms with Crippen LogP contribution in [-0.2, 0) is 43.4 Å². The predicted octanol–water partition coefficient (Wildman–Crippen LogP) is 8.89. The number of hydrogen-bond acceptors (Lipinski definition) is 1. The molecule has 1 nitrogen and oxygen atoms in total. The second-order valence-electron chi connectivity index (χ2n) is 9.48. The molecule has 0 bridgehead atoms. The minimum Gasteiger partial charge on any atom is -0.259 e. The summed E-state index contributed by atoms with van der Waals surface area (Å²) in [5.74, 6) is 0. The molecule has 20 heteroatoms. The molecule has 0 atom stereocenters. The van der Waals surface area contributed by atoms with E-state index in [0.29, 0.717) is 0 Å². The third-order valence-corrected chi connectivity index (χ3v) is 6.29. The van der Waals surface area contributed by atoms with E-state index in [0.717, 1.165) is 25.1 Å². The summed E-state index contributed by atoms with van der Waals surface area (Å²) >= 11 is 0. The molecule has 1 heterocycles. The molecule has 0 N–H and O–H groups in total. The maximum absolute atomic E-state index is 14.2. The second-order valence-corrected chi connectivity index (χ2v) is 9.48. The lowest BCUT2D eigenvalue weighted by Gasteiger charge is -2.30. The van der Waals surface area contributed by atoms with Gasteiger partial charge in [-0.1, -0.05) is 6.07 Å². The molecule has 0 aliphatic rings. The quantitative estimate of drug-likeness (QED) is 0.199. The van der Waals surface area contributed by atoms with Crippen molar-refractivity contribution in [3.8, 4) is 0 Å². The highest BCUT2D eigenvalue weighted by atomic mass is 19.4. The van der Waals surface area contributed by atoms with Crippen molar-refractivity contribution in [2.24, 2.45) is 0 Å². The van der Waals surface area contributed by atoms with Crippen molar-refractivity contribution in [2.75, 3.05) is 0 Å². The minimum absolute atomic E-state index is 0.106. The fourth-order valence-electron chi connectivity index (χ4n) is 4.59. The molecular formula is C25H12BF18N. The Morgan fingerprint density at radius 3 is 1.04 bits per heavy atom. The summed E-state index contributed by atoms with van der Waals surface area (Å²) in [5, 5.41) is 0. The van der Waals surface area contributed by atoms with Gasteiger partial charge in [0.15, 0.2) is 0 Å². The molecule has 0 unspecified atom stereocenters. The van der Waals surface area contributed by atoms with Crippen molar-refractivity contribution in [3.63, 3.8) is 0 Å². The van der Waals surface area contributed by atoms with Crippen LogP contribution in [-0.4, -0.2) is 11.7 Å². The Morgan fingerprint density at radius 2 is 0.800 bits per heavy atom. The molecular weight excluding hydrogens is 667 g/mol. The Balaban J connectivity index is 2.74. The summed E-state index contributed by atoms with van der Waals surface area (Å²) in [6, 6.07) is -0.844. The Labute approximate surface area is 239 Å². The molecule has 3 aromatic rings. The van der Waals surface area contributed by atoms with E-state index in [1.54, 1.807) is 0 Å². The van der Waals surface area contributed by atoms with Gasteiger partial charge in [-0.2, -0.15) is 79.0 Å². The summed E-state index contributed by atoms with van der Waals surface area (Å²) in [6.45, 7) is -2.32. The van der Waals surface area contributed by atoms with E-state index < -0.39 is 124 Å². The van der Waals surface area contributed by atoms with Gasteiger partial charge in [-0.05, 0) is 60.6 Å². The van der Waals surface area contributed by atoms with Gasteiger partial charge in [-0.25, -0.2) is 0 Å². The molecule has 2 aromatic carbocycles. The largest absolute Gasteiger partial charge is 0.416 e. The topological polar surface area (TPSA) is 12.9 Å². The molecule has 0 spiro atoms. The van der Waals surface area contributed by atoms with Crippen LogP contribution in [0.25, 0.3) is 0 Å². The van der Waals surface area contributed by atoms with Gasteiger partial charge in [0.2, 0.25) is 6.71 Å². The maximum atomic E-state index is 14.2. The number of pyridine rings is 1. The van der Waals surface area contributed by atoms with Crippen molar-refractivity contribution in [3.05, 3.63) is 87.2 Å². The summed E-state index contributed by atoms with van der Waals surface area (Å²) in [5.41, 5.74) is -22.8. The lowest BCUT2D eigenvalue weighted by Crippen LogP contribution is -2.55. The molecule has 0 aliphatic carbocycles. The summed E-state index contributed by atoms with van der Waals surface area (Å²) in [7, 11) is 0. The van der Waals surface area contributed by atoms with Gasteiger partial charge in [-0.15, -0.1) is 0 Å². The zero-order valence-electron chi connectivity index (χ0n) is 21.6. The van der Waals surface area contributed by atoms with Crippen LogP contribution >= 0.6 is 0 Å². The van der Waals surface area contributed by atoms with Crippen LogP contribution in [0.4, 0.5) is 79.0 Å². The van der Waals surface area contributed by atoms with Crippen molar-refractivity contribution in [1.82, 2.24) is 4.98 Å². The number of nitrogens with zero attached hydrogens (tertiary/aromatic N) is 1. The van der Waals surface area contributed by atoms with E-state index in [1.165, 1.54) is 0 Å². The van der Waals surface area contributed by atoms with Crippen molar-refractivity contribution in [2.45, 2.75) is 50.3 Å². The summed E-state index contributed by atoms with van der Waals surface area (Å²) in [4.78, 5) is 3.66. The number of rotatable bonds is 4. The van der Waals surface area contributed by atoms with Gasteiger partial charge in [0.1, 0.15) is 0 Å².